The molecule has 0 unspecified atom stereocenters. The Morgan fingerprint density at radius 3 is 2.73 bits per heavy atom. The average molecular weight is 233 g/mol. The Morgan fingerprint density at radius 2 is 2.07 bits per heavy atom. The molecular weight excluding hydrogens is 210 g/mol. The number of carbonyl (C=O) groups is 1. The van der Waals surface area contributed by atoms with Crippen molar-refractivity contribution in [2.45, 2.75) is 32.6 Å². The molecule has 4 heteroatoms. The summed E-state index contributed by atoms with van der Waals surface area (Å²) >= 11 is 1.86. The van der Waals surface area contributed by atoms with E-state index in [4.69, 9.17) is 4.74 Å². The molecule has 0 heterocycles. The van der Waals surface area contributed by atoms with Crippen LogP contribution in [0.15, 0.2) is 0 Å². The Morgan fingerprint density at radius 1 is 1.27 bits per heavy atom. The van der Waals surface area contributed by atoms with Gasteiger partial charge in [-0.15, -0.1) is 0 Å². The highest BCUT2D eigenvalue weighted by atomic mass is 32.2. The van der Waals surface area contributed by atoms with Crippen LogP contribution in [-0.2, 0) is 9.53 Å². The van der Waals surface area contributed by atoms with Crippen molar-refractivity contribution in [3.05, 3.63) is 0 Å². The number of carbonyl (C=O) groups excluding carboxylic acids is 1. The molecule has 0 radical (unpaired) electrons. The molecule has 0 spiro atoms. The van der Waals surface area contributed by atoms with Gasteiger partial charge in [-0.1, -0.05) is 6.42 Å². The van der Waals surface area contributed by atoms with Crippen molar-refractivity contribution in [2.24, 2.45) is 0 Å². The maximum Gasteiger partial charge on any atom is 0.305 e. The number of esters is 1. The van der Waals surface area contributed by atoms with E-state index in [0.29, 0.717) is 13.0 Å². The molecule has 0 aromatic rings. The zero-order chi connectivity index (χ0) is 11.4. The summed E-state index contributed by atoms with van der Waals surface area (Å²) in [5, 5.41) is 3.36. The van der Waals surface area contributed by atoms with Crippen LogP contribution in [0.5, 0.6) is 0 Å². The van der Waals surface area contributed by atoms with E-state index in [0.717, 1.165) is 32.4 Å². The topological polar surface area (TPSA) is 38.3 Å². The van der Waals surface area contributed by atoms with Crippen molar-refractivity contribution < 1.29 is 9.53 Å². The van der Waals surface area contributed by atoms with Crippen LogP contribution in [0.25, 0.3) is 0 Å². The number of hydrogen-bond donors (Lipinski definition) is 1. The fourth-order valence-electron chi connectivity index (χ4n) is 1.23. The van der Waals surface area contributed by atoms with Crippen molar-refractivity contribution in [1.82, 2.24) is 5.32 Å². The third kappa shape index (κ3) is 11.7. The van der Waals surface area contributed by atoms with E-state index in [2.05, 4.69) is 11.6 Å². The third-order valence-electron chi connectivity index (χ3n) is 2.02. The second kappa shape index (κ2) is 11.9. The van der Waals surface area contributed by atoms with Gasteiger partial charge in [-0.25, -0.2) is 0 Å². The Bertz CT molecular complexity index is 154. The summed E-state index contributed by atoms with van der Waals surface area (Å²) in [4.78, 5) is 11.0. The number of ether oxygens (including phenoxy) is 1. The van der Waals surface area contributed by atoms with Gasteiger partial charge in [-0.05, 0) is 32.6 Å². The van der Waals surface area contributed by atoms with Crippen LogP contribution in [0.2, 0.25) is 0 Å². The molecule has 0 aliphatic heterocycles. The highest BCUT2D eigenvalue weighted by Gasteiger charge is 1.99. The van der Waals surface area contributed by atoms with Crippen LogP contribution in [0.3, 0.4) is 0 Å². The summed E-state index contributed by atoms with van der Waals surface area (Å²) in [5.74, 6) is 1.11. The minimum Gasteiger partial charge on any atom is -0.466 e. The summed E-state index contributed by atoms with van der Waals surface area (Å²) in [7, 11) is 0. The molecule has 0 atom stereocenters. The van der Waals surface area contributed by atoms with Crippen LogP contribution in [0, 0.1) is 0 Å². The second-order valence-electron chi connectivity index (χ2n) is 3.36. The molecule has 0 aromatic carbocycles. The highest BCUT2D eigenvalue weighted by Crippen LogP contribution is 2.00. The Labute approximate surface area is 97.3 Å². The Balaban J connectivity index is 3.01. The SMILES string of the molecule is CCOC(=O)CCCCCNCCSC. The maximum atomic E-state index is 11.0. The average Bonchev–Trinajstić information content (AvgIpc) is 2.22. The fraction of sp³-hybridized carbons (Fsp3) is 0.909. The molecule has 0 amide bonds. The van der Waals surface area contributed by atoms with E-state index < -0.39 is 0 Å². The number of unbranched alkanes of at least 4 members (excludes halogenated alkanes) is 2. The van der Waals surface area contributed by atoms with E-state index in [1.165, 1.54) is 5.75 Å². The van der Waals surface area contributed by atoms with Crippen molar-refractivity contribution in [2.75, 3.05) is 31.7 Å². The first-order valence-electron chi connectivity index (χ1n) is 5.66. The zero-order valence-corrected chi connectivity index (χ0v) is 10.7. The van der Waals surface area contributed by atoms with Crippen LogP contribution >= 0.6 is 11.8 Å². The van der Waals surface area contributed by atoms with Crippen LogP contribution < -0.4 is 5.32 Å². The van der Waals surface area contributed by atoms with Gasteiger partial charge in [-0.3, -0.25) is 4.79 Å². The van der Waals surface area contributed by atoms with Gasteiger partial charge in [0, 0.05) is 18.7 Å². The first-order chi connectivity index (χ1) is 7.31. The van der Waals surface area contributed by atoms with Crippen molar-refractivity contribution in [1.29, 1.82) is 0 Å². The Hall–Kier alpha value is -0.220. The molecule has 0 rings (SSSR count). The molecule has 90 valence electrons. The largest absolute Gasteiger partial charge is 0.466 e. The zero-order valence-electron chi connectivity index (χ0n) is 9.88. The van der Waals surface area contributed by atoms with Crippen molar-refractivity contribution >= 4 is 17.7 Å². The number of thioether (sulfide) groups is 1. The number of hydrogen-bond acceptors (Lipinski definition) is 4. The fourth-order valence-corrected chi connectivity index (χ4v) is 1.58. The van der Waals surface area contributed by atoms with Gasteiger partial charge in [0.25, 0.3) is 0 Å². The van der Waals surface area contributed by atoms with Gasteiger partial charge in [0.1, 0.15) is 0 Å². The molecule has 0 aromatic heterocycles. The first kappa shape index (κ1) is 14.8. The Kier molecular flexibility index (Phi) is 11.7. The van der Waals surface area contributed by atoms with Crippen molar-refractivity contribution in [3.8, 4) is 0 Å². The lowest BCUT2D eigenvalue weighted by molar-refractivity contribution is -0.143. The molecule has 0 aliphatic carbocycles. The third-order valence-corrected chi connectivity index (χ3v) is 2.64. The normalized spacial score (nSPS) is 10.3. The monoisotopic (exact) mass is 233 g/mol. The molecule has 15 heavy (non-hydrogen) atoms. The van der Waals surface area contributed by atoms with Crippen LogP contribution in [0.4, 0.5) is 0 Å². The predicted molar refractivity (Wildman–Crippen MR) is 66.4 cm³/mol. The smallest absolute Gasteiger partial charge is 0.305 e. The quantitative estimate of drug-likeness (QED) is 0.463. The van der Waals surface area contributed by atoms with Gasteiger partial charge >= 0.3 is 5.97 Å². The van der Waals surface area contributed by atoms with Gasteiger partial charge in [-0.2, -0.15) is 11.8 Å². The summed E-state index contributed by atoms with van der Waals surface area (Å²) in [6.07, 6.45) is 5.88. The standard InChI is InChI=1S/C11H23NO2S/c1-3-14-11(13)7-5-4-6-8-12-9-10-15-2/h12H,3-10H2,1-2H3. The van der Waals surface area contributed by atoms with Gasteiger partial charge in [0.15, 0.2) is 0 Å². The summed E-state index contributed by atoms with van der Waals surface area (Å²) in [5.41, 5.74) is 0. The van der Waals surface area contributed by atoms with Gasteiger partial charge in [0.2, 0.25) is 0 Å². The lowest BCUT2D eigenvalue weighted by Crippen LogP contribution is -2.18. The maximum absolute atomic E-state index is 11.0. The molecular formula is C11H23NO2S. The van der Waals surface area contributed by atoms with E-state index in [-0.39, 0.29) is 5.97 Å². The highest BCUT2D eigenvalue weighted by molar-refractivity contribution is 7.98. The lowest BCUT2D eigenvalue weighted by Gasteiger charge is -2.03. The van der Waals surface area contributed by atoms with Crippen LogP contribution in [0.1, 0.15) is 32.6 Å². The summed E-state index contributed by atoms with van der Waals surface area (Å²) in [6.45, 7) is 4.48. The molecule has 0 saturated heterocycles. The first-order valence-corrected chi connectivity index (χ1v) is 7.06. The summed E-state index contributed by atoms with van der Waals surface area (Å²) in [6, 6.07) is 0. The molecule has 0 bridgehead atoms. The predicted octanol–water partition coefficient (Wildman–Crippen LogP) is 2.06. The van der Waals surface area contributed by atoms with Gasteiger partial charge < -0.3 is 10.1 Å². The molecule has 1 N–H and O–H groups in total. The lowest BCUT2D eigenvalue weighted by atomic mass is 10.2. The minimum atomic E-state index is -0.0622. The van der Waals surface area contributed by atoms with Gasteiger partial charge in [0.05, 0.1) is 6.61 Å². The number of nitrogens with one attached hydrogen (secondary N) is 1. The molecule has 0 fully saturated rings. The summed E-state index contributed by atoms with van der Waals surface area (Å²) < 4.78 is 4.84. The van der Waals surface area contributed by atoms with E-state index in [9.17, 15) is 4.79 Å². The second-order valence-corrected chi connectivity index (χ2v) is 4.34. The number of rotatable bonds is 10. The van der Waals surface area contributed by atoms with E-state index in [1.54, 1.807) is 0 Å². The van der Waals surface area contributed by atoms with E-state index >= 15 is 0 Å². The van der Waals surface area contributed by atoms with E-state index in [1.807, 2.05) is 18.7 Å². The van der Waals surface area contributed by atoms with Crippen molar-refractivity contribution in [3.63, 3.8) is 0 Å². The minimum absolute atomic E-state index is 0.0622. The molecule has 0 saturated carbocycles. The molecule has 3 nitrogen and oxygen atoms in total. The molecule has 0 aliphatic rings. The van der Waals surface area contributed by atoms with Crippen LogP contribution in [-0.4, -0.2) is 37.7 Å².